The summed E-state index contributed by atoms with van der Waals surface area (Å²) in [6.45, 7) is 18.0. The number of ether oxygens (including phenoxy) is 1. The Labute approximate surface area is 162 Å². The number of halogens is 1. The highest BCUT2D eigenvalue weighted by molar-refractivity contribution is 14.1. The molecule has 2 rings (SSSR count). The van der Waals surface area contributed by atoms with Crippen molar-refractivity contribution in [2.24, 2.45) is 16.7 Å². The van der Waals surface area contributed by atoms with E-state index in [4.69, 9.17) is 7.80 Å². The van der Waals surface area contributed by atoms with Crippen LogP contribution < -0.4 is 0 Å². The molecule has 1 heterocycles. The van der Waals surface area contributed by atoms with Gasteiger partial charge in [0.15, 0.2) is 23.0 Å². The van der Waals surface area contributed by atoms with Gasteiger partial charge in [0.1, 0.15) is 11.4 Å². The Bertz CT molecular complexity index is 481. The number of hydrogen-bond donors (Lipinski definition) is 0. The van der Waals surface area contributed by atoms with Crippen LogP contribution >= 0.6 is 23.0 Å². The first-order chi connectivity index (χ1) is 11.0. The lowest BCUT2D eigenvalue weighted by atomic mass is 9.56. The molecular weight excluding hydrogens is 417 g/mol. The number of rotatable bonds is 1. The molecular formula is C19H34INO3. The molecule has 24 heavy (non-hydrogen) atoms. The summed E-state index contributed by atoms with van der Waals surface area (Å²) in [5.74, 6) is 1.58. The van der Waals surface area contributed by atoms with Crippen molar-refractivity contribution in [1.82, 2.24) is 4.90 Å². The Morgan fingerprint density at radius 1 is 1.29 bits per heavy atom. The second-order valence-corrected chi connectivity index (χ2v) is 8.91. The molecule has 0 spiro atoms. The number of carbonyl (C=O) groups is 1. The normalized spacial score (nSPS) is 28.8. The summed E-state index contributed by atoms with van der Waals surface area (Å²) in [4.78, 5) is 14.3. The summed E-state index contributed by atoms with van der Waals surface area (Å²) in [6, 6.07) is 0. The van der Waals surface area contributed by atoms with Gasteiger partial charge in [0.25, 0.3) is 0 Å². The van der Waals surface area contributed by atoms with E-state index in [-0.39, 0.29) is 16.9 Å². The van der Waals surface area contributed by atoms with Crippen LogP contribution in [0.2, 0.25) is 0 Å². The number of carbonyl (C=O) groups excluding carboxylic acids is 1. The summed E-state index contributed by atoms with van der Waals surface area (Å²) < 4.78 is 11.1. The predicted molar refractivity (Wildman–Crippen MR) is 107 cm³/mol. The molecule has 1 saturated heterocycles. The molecule has 5 heteroatoms. The molecule has 0 bridgehead atoms. The molecule has 2 unspecified atom stereocenters. The van der Waals surface area contributed by atoms with E-state index in [0.717, 1.165) is 31.7 Å². The van der Waals surface area contributed by atoms with Crippen molar-refractivity contribution in [2.45, 2.75) is 73.8 Å². The molecule has 0 N–H and O–H groups in total. The molecule has 0 aromatic heterocycles. The fourth-order valence-electron chi connectivity index (χ4n) is 4.07. The Balaban J connectivity index is 0.00000139. The molecule has 0 saturated carbocycles. The predicted octanol–water partition coefficient (Wildman–Crippen LogP) is 5.96. The Hall–Kier alpha value is -0.460. The number of hydrogen-bond acceptors (Lipinski definition) is 3. The summed E-state index contributed by atoms with van der Waals surface area (Å²) in [5.41, 5.74) is -0.353. The van der Waals surface area contributed by atoms with E-state index >= 15 is 0 Å². The minimum atomic E-state index is -0.442. The van der Waals surface area contributed by atoms with Crippen LogP contribution in [0.25, 0.3) is 0 Å². The quantitative estimate of drug-likeness (QED) is 0.462. The summed E-state index contributed by atoms with van der Waals surface area (Å²) >= 11 is 1.98. The largest absolute Gasteiger partial charge is 0.444 e. The molecule has 1 aliphatic carbocycles. The van der Waals surface area contributed by atoms with Crippen molar-refractivity contribution >= 4 is 29.1 Å². The van der Waals surface area contributed by atoms with E-state index in [0.29, 0.717) is 5.92 Å². The smallest absolute Gasteiger partial charge is 0.410 e. The third-order valence-electron chi connectivity index (χ3n) is 5.08. The highest BCUT2D eigenvalue weighted by Gasteiger charge is 2.52. The minimum absolute atomic E-state index is 0.00815. The molecule has 2 aliphatic rings. The zero-order valence-electron chi connectivity index (χ0n) is 16.5. The van der Waals surface area contributed by atoms with Gasteiger partial charge < -0.3 is 12.7 Å². The highest BCUT2D eigenvalue weighted by atomic mass is 127. The fraction of sp³-hybridized carbons (Fsp3) is 0.842. The molecule has 140 valence electrons. The maximum Gasteiger partial charge on any atom is 0.410 e. The second-order valence-electron chi connectivity index (χ2n) is 8.47. The van der Waals surface area contributed by atoms with Gasteiger partial charge in [-0.15, -0.1) is 0 Å². The van der Waals surface area contributed by atoms with E-state index in [9.17, 15) is 4.79 Å². The van der Waals surface area contributed by atoms with Crippen LogP contribution in [0.3, 0.4) is 0 Å². The lowest BCUT2D eigenvalue weighted by Gasteiger charge is -2.54. The molecule has 0 radical (unpaired) electrons. The molecule has 4 nitrogen and oxygen atoms in total. The van der Waals surface area contributed by atoms with Crippen molar-refractivity contribution in [3.05, 3.63) is 11.8 Å². The van der Waals surface area contributed by atoms with Crippen LogP contribution in [0, 0.1) is 16.7 Å². The van der Waals surface area contributed by atoms with Gasteiger partial charge in [0, 0.05) is 18.5 Å². The van der Waals surface area contributed by atoms with Gasteiger partial charge in [-0.25, -0.2) is 4.79 Å². The maximum absolute atomic E-state index is 12.4. The monoisotopic (exact) mass is 451 g/mol. The lowest BCUT2D eigenvalue weighted by molar-refractivity contribution is -0.0426. The standard InChI is InChI=1S/C17H28INO3.C2H6/c1-15(2,3)21-14(20)19-10-8-12-16(4,5)13(22-18)7-9-17(12,6)11-19;1-2/h7,12H,8-11H2,1-6H3;1-2H3. The zero-order valence-corrected chi connectivity index (χ0v) is 18.7. The van der Waals surface area contributed by atoms with Crippen LogP contribution in [-0.2, 0) is 7.80 Å². The van der Waals surface area contributed by atoms with E-state index < -0.39 is 5.60 Å². The van der Waals surface area contributed by atoms with Crippen LogP contribution in [0.15, 0.2) is 11.8 Å². The van der Waals surface area contributed by atoms with E-state index in [1.54, 1.807) is 0 Å². The van der Waals surface area contributed by atoms with E-state index in [1.165, 1.54) is 0 Å². The molecule has 1 amide bonds. The Kier molecular flexibility index (Phi) is 7.04. The van der Waals surface area contributed by atoms with E-state index in [1.807, 2.05) is 62.5 Å². The summed E-state index contributed by atoms with van der Waals surface area (Å²) in [5, 5.41) is 0. The van der Waals surface area contributed by atoms with Crippen molar-refractivity contribution in [2.75, 3.05) is 13.1 Å². The van der Waals surface area contributed by atoms with Gasteiger partial charge in [-0.2, -0.15) is 0 Å². The number of likely N-dealkylation sites (tertiary alicyclic amines) is 1. The topological polar surface area (TPSA) is 38.8 Å². The van der Waals surface area contributed by atoms with Gasteiger partial charge >= 0.3 is 6.09 Å². The molecule has 1 fully saturated rings. The van der Waals surface area contributed by atoms with Crippen LogP contribution in [0.5, 0.6) is 0 Å². The van der Waals surface area contributed by atoms with Crippen LogP contribution in [-0.4, -0.2) is 29.7 Å². The van der Waals surface area contributed by atoms with Crippen molar-refractivity contribution in [1.29, 1.82) is 0 Å². The van der Waals surface area contributed by atoms with Gasteiger partial charge in [-0.1, -0.05) is 34.6 Å². The summed E-state index contributed by atoms with van der Waals surface area (Å²) in [7, 11) is 0. The third-order valence-corrected chi connectivity index (χ3v) is 5.55. The molecule has 2 atom stereocenters. The molecule has 0 aromatic rings. The fourth-order valence-corrected chi connectivity index (χ4v) is 4.82. The number of piperidine rings is 1. The number of amides is 1. The van der Waals surface area contributed by atoms with Gasteiger partial charge in [-0.3, -0.25) is 0 Å². The lowest BCUT2D eigenvalue weighted by Crippen LogP contribution is -2.55. The Morgan fingerprint density at radius 2 is 1.88 bits per heavy atom. The minimum Gasteiger partial charge on any atom is -0.444 e. The van der Waals surface area contributed by atoms with Crippen molar-refractivity contribution in [3.63, 3.8) is 0 Å². The first-order valence-electron chi connectivity index (χ1n) is 8.97. The number of fused-ring (bicyclic) bond motifs is 1. The Morgan fingerprint density at radius 3 is 2.38 bits per heavy atom. The van der Waals surface area contributed by atoms with Gasteiger partial charge in [-0.05, 0) is 51.0 Å². The van der Waals surface area contributed by atoms with Crippen molar-refractivity contribution in [3.8, 4) is 0 Å². The summed E-state index contributed by atoms with van der Waals surface area (Å²) in [6.07, 6.45) is 3.94. The molecule has 0 aromatic carbocycles. The maximum atomic E-state index is 12.4. The van der Waals surface area contributed by atoms with Crippen LogP contribution in [0.1, 0.15) is 68.2 Å². The first-order valence-corrected chi connectivity index (χ1v) is 9.85. The van der Waals surface area contributed by atoms with Crippen molar-refractivity contribution < 1.29 is 12.6 Å². The first kappa shape index (κ1) is 21.6. The SMILES string of the molecule is CC.CC(C)(C)OC(=O)N1CCC2C(C)(CC=C(OI)C2(C)C)C1. The second kappa shape index (κ2) is 7.83. The van der Waals surface area contributed by atoms with Gasteiger partial charge in [0.05, 0.1) is 0 Å². The number of nitrogens with zero attached hydrogens (tertiary/aromatic N) is 1. The number of allylic oxidation sites excluding steroid dienone is 2. The van der Waals surface area contributed by atoms with Crippen LogP contribution in [0.4, 0.5) is 4.79 Å². The third kappa shape index (κ3) is 4.58. The molecule has 1 aliphatic heterocycles. The van der Waals surface area contributed by atoms with E-state index in [2.05, 4.69) is 26.8 Å². The van der Waals surface area contributed by atoms with Gasteiger partial charge in [0.2, 0.25) is 0 Å². The zero-order chi connectivity index (χ0) is 18.8. The highest BCUT2D eigenvalue weighted by Crippen LogP contribution is 2.55. The average Bonchev–Trinajstić information content (AvgIpc) is 2.46. The average molecular weight is 451 g/mol.